The summed E-state index contributed by atoms with van der Waals surface area (Å²) in [7, 11) is 0. The number of nitrogens with zero attached hydrogens (tertiary/aromatic N) is 1. The van der Waals surface area contributed by atoms with Crippen molar-refractivity contribution in [3.05, 3.63) is 83.1 Å². The molecule has 2 aromatic carbocycles. The molecule has 0 aliphatic carbocycles. The zero-order chi connectivity index (χ0) is 19.4. The highest BCUT2D eigenvalue weighted by atomic mass is 16.4. The fraction of sp³-hybridized carbons (Fsp3) is 0. The zero-order valence-electron chi connectivity index (χ0n) is 13.9. The number of carboxylic acid groups (broad SMARTS) is 2. The number of carbonyl (C=O) groups is 2. The summed E-state index contributed by atoms with van der Waals surface area (Å²) in [5.74, 6) is -1.05. The van der Waals surface area contributed by atoms with Gasteiger partial charge in [-0.15, -0.1) is 0 Å². The Labute approximate surface area is 154 Å². The van der Waals surface area contributed by atoms with Crippen LogP contribution in [-0.2, 0) is 0 Å². The number of nitriles is 1. The highest BCUT2D eigenvalue weighted by Crippen LogP contribution is 2.25. The van der Waals surface area contributed by atoms with E-state index in [0.717, 1.165) is 0 Å². The molecule has 0 unspecified atom stereocenters. The van der Waals surface area contributed by atoms with Crippen molar-refractivity contribution in [2.45, 2.75) is 0 Å². The van der Waals surface area contributed by atoms with E-state index >= 15 is 0 Å². The van der Waals surface area contributed by atoms with E-state index in [1.54, 1.807) is 42.5 Å². The van der Waals surface area contributed by atoms with Gasteiger partial charge in [0.2, 0.25) is 0 Å². The van der Waals surface area contributed by atoms with Crippen LogP contribution in [0.1, 0.15) is 32.0 Å². The topological polar surface area (TPSA) is 112 Å². The average molecular weight is 359 g/mol. The fourth-order valence-corrected chi connectivity index (χ4v) is 2.48. The van der Waals surface area contributed by atoms with Crippen molar-refractivity contribution in [2.75, 3.05) is 0 Å². The van der Waals surface area contributed by atoms with Crippen molar-refractivity contribution in [2.24, 2.45) is 0 Å². The van der Waals surface area contributed by atoms with E-state index < -0.39 is 11.9 Å². The van der Waals surface area contributed by atoms with Gasteiger partial charge in [-0.25, -0.2) is 9.59 Å². The molecule has 0 aliphatic rings. The van der Waals surface area contributed by atoms with Crippen LogP contribution in [0.2, 0.25) is 0 Å². The molecule has 27 heavy (non-hydrogen) atoms. The van der Waals surface area contributed by atoms with Crippen LogP contribution in [-0.4, -0.2) is 22.2 Å². The smallest absolute Gasteiger partial charge is 0.335 e. The normalized spacial score (nSPS) is 11.0. The number of allylic oxidation sites excluding steroid dienone is 1. The quantitative estimate of drug-likeness (QED) is 0.653. The first-order chi connectivity index (χ1) is 13.0. The number of benzene rings is 2. The lowest BCUT2D eigenvalue weighted by Crippen LogP contribution is -1.95. The average Bonchev–Trinajstić information content (AvgIpc) is 3.15. The van der Waals surface area contributed by atoms with Gasteiger partial charge in [0.05, 0.1) is 22.8 Å². The van der Waals surface area contributed by atoms with E-state index in [9.17, 15) is 14.9 Å². The number of rotatable bonds is 5. The van der Waals surface area contributed by atoms with Gasteiger partial charge in [-0.05, 0) is 48.0 Å². The SMILES string of the molecule is N#C/C(=C/c1ccc(-c2ccc(C(=O)O)cc2)o1)c1ccc(C(=O)O)cc1. The molecule has 0 atom stereocenters. The van der Waals surface area contributed by atoms with Gasteiger partial charge < -0.3 is 14.6 Å². The summed E-state index contributed by atoms with van der Waals surface area (Å²) in [4.78, 5) is 21.8. The van der Waals surface area contributed by atoms with Gasteiger partial charge in [0.1, 0.15) is 11.5 Å². The van der Waals surface area contributed by atoms with Crippen LogP contribution in [0.15, 0.2) is 65.1 Å². The molecule has 0 bridgehead atoms. The Morgan fingerprint density at radius 3 is 1.85 bits per heavy atom. The zero-order valence-corrected chi connectivity index (χ0v) is 13.9. The molecule has 0 fully saturated rings. The Bertz CT molecular complexity index is 1070. The number of aromatic carboxylic acids is 2. The first-order valence-corrected chi connectivity index (χ1v) is 7.87. The van der Waals surface area contributed by atoms with Gasteiger partial charge in [0.25, 0.3) is 0 Å². The summed E-state index contributed by atoms with van der Waals surface area (Å²) >= 11 is 0. The second-order valence-corrected chi connectivity index (χ2v) is 5.64. The summed E-state index contributed by atoms with van der Waals surface area (Å²) in [5, 5.41) is 27.3. The maximum Gasteiger partial charge on any atom is 0.335 e. The molecule has 0 spiro atoms. The minimum atomic E-state index is -1.03. The lowest BCUT2D eigenvalue weighted by molar-refractivity contribution is 0.0686. The molecule has 0 saturated heterocycles. The van der Waals surface area contributed by atoms with Crippen molar-refractivity contribution >= 4 is 23.6 Å². The predicted octanol–water partition coefficient (Wildman–Crippen LogP) is 4.41. The van der Waals surface area contributed by atoms with E-state index in [-0.39, 0.29) is 11.1 Å². The molecule has 2 N–H and O–H groups in total. The summed E-state index contributed by atoms with van der Waals surface area (Å²) < 4.78 is 5.72. The van der Waals surface area contributed by atoms with Crippen LogP contribution in [0.4, 0.5) is 0 Å². The first-order valence-electron chi connectivity index (χ1n) is 7.87. The van der Waals surface area contributed by atoms with Gasteiger partial charge in [-0.2, -0.15) is 5.26 Å². The predicted molar refractivity (Wildman–Crippen MR) is 98.0 cm³/mol. The second-order valence-electron chi connectivity index (χ2n) is 5.64. The minimum absolute atomic E-state index is 0.140. The highest BCUT2D eigenvalue weighted by Gasteiger charge is 2.09. The van der Waals surface area contributed by atoms with Crippen LogP contribution < -0.4 is 0 Å². The molecule has 0 amide bonds. The lowest BCUT2D eigenvalue weighted by atomic mass is 10.0. The molecular formula is C21H13NO5. The van der Waals surface area contributed by atoms with Crippen molar-refractivity contribution in [3.8, 4) is 17.4 Å². The first kappa shape index (κ1) is 17.7. The molecule has 0 saturated carbocycles. The molecular weight excluding hydrogens is 346 g/mol. The summed E-state index contributed by atoms with van der Waals surface area (Å²) in [6.45, 7) is 0. The summed E-state index contributed by atoms with van der Waals surface area (Å²) in [6, 6.07) is 17.7. The third kappa shape index (κ3) is 3.94. The third-order valence-electron chi connectivity index (χ3n) is 3.89. The molecule has 0 aliphatic heterocycles. The van der Waals surface area contributed by atoms with E-state index in [1.165, 1.54) is 24.3 Å². The Kier molecular flexibility index (Phi) is 4.86. The van der Waals surface area contributed by atoms with Crippen molar-refractivity contribution in [1.82, 2.24) is 0 Å². The molecule has 1 heterocycles. The van der Waals surface area contributed by atoms with Crippen molar-refractivity contribution in [3.63, 3.8) is 0 Å². The van der Waals surface area contributed by atoms with Crippen LogP contribution in [0.3, 0.4) is 0 Å². The number of hydrogen-bond donors (Lipinski definition) is 2. The molecule has 132 valence electrons. The molecule has 0 radical (unpaired) electrons. The van der Waals surface area contributed by atoms with Crippen LogP contribution in [0.5, 0.6) is 0 Å². The van der Waals surface area contributed by atoms with E-state index in [4.69, 9.17) is 14.6 Å². The lowest BCUT2D eigenvalue weighted by Gasteiger charge is -2.00. The maximum absolute atomic E-state index is 10.9. The van der Waals surface area contributed by atoms with Crippen LogP contribution >= 0.6 is 0 Å². The van der Waals surface area contributed by atoms with E-state index in [0.29, 0.717) is 28.2 Å². The number of furan rings is 1. The number of hydrogen-bond acceptors (Lipinski definition) is 4. The monoisotopic (exact) mass is 359 g/mol. The van der Waals surface area contributed by atoms with Crippen molar-refractivity contribution < 1.29 is 24.2 Å². The molecule has 3 rings (SSSR count). The largest absolute Gasteiger partial charge is 0.478 e. The van der Waals surface area contributed by atoms with E-state index in [2.05, 4.69) is 6.07 Å². The van der Waals surface area contributed by atoms with Gasteiger partial charge in [-0.1, -0.05) is 24.3 Å². The second kappa shape index (κ2) is 7.42. The highest BCUT2D eigenvalue weighted by molar-refractivity contribution is 5.92. The minimum Gasteiger partial charge on any atom is -0.478 e. The third-order valence-corrected chi connectivity index (χ3v) is 3.89. The van der Waals surface area contributed by atoms with Crippen LogP contribution in [0, 0.1) is 11.3 Å². The molecule has 6 heteroatoms. The maximum atomic E-state index is 10.9. The molecule has 3 aromatic rings. The summed E-state index contributed by atoms with van der Waals surface area (Å²) in [5.41, 5.74) is 1.94. The summed E-state index contributed by atoms with van der Waals surface area (Å²) in [6.07, 6.45) is 1.56. The number of carboxylic acids is 2. The standard InChI is InChI=1S/C21H13NO5/c22-12-17(13-1-5-15(6-2-13)20(23)24)11-18-9-10-19(27-18)14-3-7-16(8-4-14)21(25)26/h1-11H,(H,23,24)(H,25,26)/b17-11-. The van der Waals surface area contributed by atoms with Gasteiger partial charge in [-0.3, -0.25) is 0 Å². The van der Waals surface area contributed by atoms with Gasteiger partial charge in [0.15, 0.2) is 0 Å². The van der Waals surface area contributed by atoms with Crippen LogP contribution in [0.25, 0.3) is 23.0 Å². The van der Waals surface area contributed by atoms with Gasteiger partial charge >= 0.3 is 11.9 Å². The fourth-order valence-electron chi connectivity index (χ4n) is 2.48. The molecule has 6 nitrogen and oxygen atoms in total. The Morgan fingerprint density at radius 2 is 1.33 bits per heavy atom. The Hall–Kier alpha value is -4.11. The van der Waals surface area contributed by atoms with E-state index in [1.807, 2.05) is 0 Å². The molecule has 1 aromatic heterocycles. The van der Waals surface area contributed by atoms with Crippen molar-refractivity contribution in [1.29, 1.82) is 5.26 Å². The Morgan fingerprint density at radius 1 is 0.815 bits per heavy atom. The Balaban J connectivity index is 1.87. The van der Waals surface area contributed by atoms with Gasteiger partial charge in [0, 0.05) is 5.56 Å².